The van der Waals surface area contributed by atoms with E-state index in [1.54, 1.807) is 37.3 Å². The monoisotopic (exact) mass is 324 g/mol. The normalized spacial score (nSPS) is 10.4. The summed E-state index contributed by atoms with van der Waals surface area (Å²) in [6.45, 7) is 1.59. The van der Waals surface area contributed by atoms with Gasteiger partial charge >= 0.3 is 5.91 Å². The minimum Gasteiger partial charge on any atom is -0.484 e. The van der Waals surface area contributed by atoms with Crippen LogP contribution in [0.2, 0.25) is 0 Å². The minimum atomic E-state index is -0.517. The van der Waals surface area contributed by atoms with Crippen molar-refractivity contribution in [3.8, 4) is 5.75 Å². The first-order valence-electron chi connectivity index (χ1n) is 7.40. The highest BCUT2D eigenvalue weighted by Gasteiger charge is 2.17. The number of furan rings is 1. The predicted octanol–water partition coefficient (Wildman–Crippen LogP) is 2.58. The van der Waals surface area contributed by atoms with Gasteiger partial charge in [-0.1, -0.05) is 36.4 Å². The maximum Gasteiger partial charge on any atom is 0.305 e. The highest BCUT2D eigenvalue weighted by atomic mass is 16.5. The van der Waals surface area contributed by atoms with Crippen molar-refractivity contribution in [1.82, 2.24) is 10.9 Å². The van der Waals surface area contributed by atoms with Gasteiger partial charge < -0.3 is 9.15 Å². The molecule has 0 radical (unpaired) electrons. The Morgan fingerprint density at radius 3 is 2.46 bits per heavy atom. The van der Waals surface area contributed by atoms with E-state index in [2.05, 4.69) is 10.9 Å². The molecule has 0 atom stereocenters. The molecule has 0 aliphatic heterocycles. The minimum absolute atomic E-state index is 0.167. The summed E-state index contributed by atoms with van der Waals surface area (Å²) < 4.78 is 10.8. The topological polar surface area (TPSA) is 80.6 Å². The van der Waals surface area contributed by atoms with Crippen molar-refractivity contribution in [2.75, 3.05) is 6.61 Å². The van der Waals surface area contributed by atoms with E-state index >= 15 is 0 Å². The Balaban J connectivity index is 1.56. The van der Waals surface area contributed by atoms with Crippen LogP contribution in [0, 0.1) is 6.92 Å². The molecule has 3 aromatic rings. The summed E-state index contributed by atoms with van der Waals surface area (Å²) in [4.78, 5) is 23.9. The molecule has 0 spiro atoms. The molecule has 2 N–H and O–H groups in total. The first-order valence-corrected chi connectivity index (χ1v) is 7.40. The molecule has 1 heterocycles. The Bertz CT molecular complexity index is 871. The number of carbonyl (C=O) groups is 2. The molecular formula is C18H16N2O4. The van der Waals surface area contributed by atoms with Crippen LogP contribution in [-0.2, 0) is 4.79 Å². The molecule has 0 fully saturated rings. The number of ether oxygens (including phenoxy) is 1. The summed E-state index contributed by atoms with van der Waals surface area (Å²) in [5.74, 6) is -0.245. The van der Waals surface area contributed by atoms with Crippen molar-refractivity contribution in [2.24, 2.45) is 0 Å². The maximum atomic E-state index is 12.2. The van der Waals surface area contributed by atoms with E-state index < -0.39 is 11.8 Å². The Morgan fingerprint density at radius 1 is 1.00 bits per heavy atom. The molecule has 0 aliphatic carbocycles. The largest absolute Gasteiger partial charge is 0.484 e. The lowest BCUT2D eigenvalue weighted by atomic mass is 10.1. The molecule has 0 saturated carbocycles. The molecule has 0 aliphatic rings. The van der Waals surface area contributed by atoms with Crippen LogP contribution in [0.3, 0.4) is 0 Å². The summed E-state index contributed by atoms with van der Waals surface area (Å²) in [6.07, 6.45) is 0. The highest BCUT2D eigenvalue weighted by Crippen LogP contribution is 2.24. The number of nitrogens with one attached hydrogen (secondary N) is 2. The van der Waals surface area contributed by atoms with Crippen LogP contribution < -0.4 is 15.6 Å². The van der Waals surface area contributed by atoms with Gasteiger partial charge in [0.15, 0.2) is 12.4 Å². The Kier molecular flexibility index (Phi) is 4.47. The van der Waals surface area contributed by atoms with Gasteiger partial charge in [-0.3, -0.25) is 20.4 Å². The number of aryl methyl sites for hydroxylation is 1. The molecule has 6 heteroatoms. The van der Waals surface area contributed by atoms with E-state index in [1.807, 2.05) is 24.3 Å². The van der Waals surface area contributed by atoms with Crippen LogP contribution in [-0.4, -0.2) is 18.4 Å². The first kappa shape index (κ1) is 15.6. The Morgan fingerprint density at radius 2 is 1.71 bits per heavy atom. The zero-order valence-corrected chi connectivity index (χ0v) is 13.0. The van der Waals surface area contributed by atoms with Crippen molar-refractivity contribution in [2.45, 2.75) is 6.92 Å². The number of hydrogen-bond acceptors (Lipinski definition) is 4. The van der Waals surface area contributed by atoms with Gasteiger partial charge in [0.2, 0.25) is 0 Å². The second kappa shape index (κ2) is 6.87. The number of amides is 2. The smallest absolute Gasteiger partial charge is 0.305 e. The number of benzene rings is 2. The predicted molar refractivity (Wildman–Crippen MR) is 88.5 cm³/mol. The van der Waals surface area contributed by atoms with E-state index in [4.69, 9.17) is 9.15 Å². The molecule has 0 bridgehead atoms. The Labute approximate surface area is 138 Å². The SMILES string of the molecule is Cc1c(C(=O)NNC(=O)COc2ccccc2)oc2ccccc12. The zero-order chi connectivity index (χ0) is 16.9. The van der Waals surface area contributed by atoms with E-state index in [0.29, 0.717) is 11.3 Å². The summed E-state index contributed by atoms with van der Waals surface area (Å²) in [6, 6.07) is 16.3. The zero-order valence-electron chi connectivity index (χ0n) is 13.0. The molecule has 3 rings (SSSR count). The lowest BCUT2D eigenvalue weighted by Crippen LogP contribution is -2.43. The van der Waals surface area contributed by atoms with Gasteiger partial charge in [0.25, 0.3) is 5.91 Å². The number of para-hydroxylation sites is 2. The molecule has 1 aromatic heterocycles. The average Bonchev–Trinajstić information content (AvgIpc) is 2.96. The summed E-state index contributed by atoms with van der Waals surface area (Å²) in [5, 5.41) is 0.862. The molecule has 122 valence electrons. The van der Waals surface area contributed by atoms with Crippen LogP contribution in [0.25, 0.3) is 11.0 Å². The molecule has 2 aromatic carbocycles. The lowest BCUT2D eigenvalue weighted by Gasteiger charge is -2.08. The van der Waals surface area contributed by atoms with E-state index in [0.717, 1.165) is 10.9 Å². The van der Waals surface area contributed by atoms with E-state index in [1.165, 1.54) is 0 Å². The van der Waals surface area contributed by atoms with Crippen molar-refractivity contribution in [3.63, 3.8) is 0 Å². The number of fused-ring (bicyclic) bond motifs is 1. The van der Waals surface area contributed by atoms with Crippen LogP contribution in [0.15, 0.2) is 59.0 Å². The van der Waals surface area contributed by atoms with Gasteiger partial charge in [0, 0.05) is 10.9 Å². The van der Waals surface area contributed by atoms with Gasteiger partial charge in [-0.2, -0.15) is 0 Å². The third-order valence-electron chi connectivity index (χ3n) is 3.48. The number of hydrogen-bond donors (Lipinski definition) is 2. The van der Waals surface area contributed by atoms with Crippen molar-refractivity contribution in [3.05, 3.63) is 65.9 Å². The number of carbonyl (C=O) groups excluding carboxylic acids is 2. The third-order valence-corrected chi connectivity index (χ3v) is 3.48. The van der Waals surface area contributed by atoms with E-state index in [-0.39, 0.29) is 12.4 Å². The van der Waals surface area contributed by atoms with Crippen molar-refractivity contribution in [1.29, 1.82) is 0 Å². The second-order valence-electron chi connectivity index (χ2n) is 5.16. The highest BCUT2D eigenvalue weighted by molar-refractivity contribution is 5.99. The molecule has 2 amide bonds. The van der Waals surface area contributed by atoms with Crippen LogP contribution in [0.5, 0.6) is 5.75 Å². The number of hydrazine groups is 1. The molecule has 0 unspecified atom stereocenters. The van der Waals surface area contributed by atoms with Gasteiger partial charge in [-0.05, 0) is 25.1 Å². The second-order valence-corrected chi connectivity index (χ2v) is 5.16. The van der Waals surface area contributed by atoms with Crippen LogP contribution >= 0.6 is 0 Å². The maximum absolute atomic E-state index is 12.2. The third kappa shape index (κ3) is 3.38. The fourth-order valence-corrected chi connectivity index (χ4v) is 2.28. The molecule has 24 heavy (non-hydrogen) atoms. The molecule has 6 nitrogen and oxygen atoms in total. The van der Waals surface area contributed by atoms with Gasteiger partial charge in [-0.25, -0.2) is 0 Å². The molecular weight excluding hydrogens is 308 g/mol. The Hall–Kier alpha value is -3.28. The van der Waals surface area contributed by atoms with E-state index in [9.17, 15) is 9.59 Å². The quantitative estimate of drug-likeness (QED) is 0.723. The average molecular weight is 324 g/mol. The fraction of sp³-hybridized carbons (Fsp3) is 0.111. The van der Waals surface area contributed by atoms with Crippen LogP contribution in [0.1, 0.15) is 16.1 Å². The summed E-state index contributed by atoms with van der Waals surface area (Å²) >= 11 is 0. The summed E-state index contributed by atoms with van der Waals surface area (Å²) in [7, 11) is 0. The standard InChI is InChI=1S/C18H16N2O4/c1-12-14-9-5-6-10-15(14)24-17(12)18(22)20-19-16(21)11-23-13-7-3-2-4-8-13/h2-10H,11H2,1H3,(H,19,21)(H,20,22). The van der Waals surface area contributed by atoms with Gasteiger partial charge in [0.05, 0.1) is 0 Å². The van der Waals surface area contributed by atoms with Crippen LogP contribution in [0.4, 0.5) is 0 Å². The first-order chi connectivity index (χ1) is 11.6. The summed E-state index contributed by atoms with van der Waals surface area (Å²) in [5.41, 5.74) is 5.97. The van der Waals surface area contributed by atoms with Gasteiger partial charge in [0.1, 0.15) is 11.3 Å². The lowest BCUT2D eigenvalue weighted by molar-refractivity contribution is -0.123. The fourth-order valence-electron chi connectivity index (χ4n) is 2.28. The number of rotatable bonds is 4. The van der Waals surface area contributed by atoms with Crippen molar-refractivity contribution < 1.29 is 18.7 Å². The molecule has 0 saturated heterocycles. The van der Waals surface area contributed by atoms with Gasteiger partial charge in [-0.15, -0.1) is 0 Å². The van der Waals surface area contributed by atoms with Crippen molar-refractivity contribution >= 4 is 22.8 Å².